The van der Waals surface area contributed by atoms with Gasteiger partial charge in [0.2, 0.25) is 0 Å². The van der Waals surface area contributed by atoms with Crippen molar-refractivity contribution in [1.29, 1.82) is 0 Å². The summed E-state index contributed by atoms with van der Waals surface area (Å²) in [5, 5.41) is 3.29. The molecule has 1 aliphatic rings. The number of methoxy groups -OCH3 is 1. The fourth-order valence-corrected chi connectivity index (χ4v) is 2.28. The Labute approximate surface area is 105 Å². The summed E-state index contributed by atoms with van der Waals surface area (Å²) in [5.74, 6) is 0.121. The molecule has 0 spiro atoms. The standard InChI is InChI=1S/C13H26N2O2/c1-11(2)12(13(16)17-3)14-7-6-10-15-8-4-5-9-15/h11-12,14H,4-10H2,1-3H3. The summed E-state index contributed by atoms with van der Waals surface area (Å²) in [5.41, 5.74) is 0. The second-order valence-electron chi connectivity index (χ2n) is 5.10. The van der Waals surface area contributed by atoms with Gasteiger partial charge in [0.15, 0.2) is 0 Å². The second-order valence-corrected chi connectivity index (χ2v) is 5.10. The molecule has 1 fully saturated rings. The van der Waals surface area contributed by atoms with E-state index in [1.54, 1.807) is 0 Å². The molecule has 0 amide bonds. The van der Waals surface area contributed by atoms with E-state index in [1.807, 2.05) is 13.8 Å². The van der Waals surface area contributed by atoms with E-state index >= 15 is 0 Å². The van der Waals surface area contributed by atoms with Crippen LogP contribution in [0.2, 0.25) is 0 Å². The van der Waals surface area contributed by atoms with E-state index in [4.69, 9.17) is 4.74 Å². The van der Waals surface area contributed by atoms with Crippen LogP contribution in [0.15, 0.2) is 0 Å². The maximum atomic E-state index is 11.5. The van der Waals surface area contributed by atoms with Gasteiger partial charge in [0.1, 0.15) is 6.04 Å². The van der Waals surface area contributed by atoms with Crippen molar-refractivity contribution in [1.82, 2.24) is 10.2 Å². The van der Waals surface area contributed by atoms with Gasteiger partial charge in [-0.2, -0.15) is 0 Å². The van der Waals surface area contributed by atoms with Crippen molar-refractivity contribution in [2.24, 2.45) is 5.92 Å². The lowest BCUT2D eigenvalue weighted by Crippen LogP contribution is -2.42. The topological polar surface area (TPSA) is 41.6 Å². The van der Waals surface area contributed by atoms with Gasteiger partial charge < -0.3 is 15.0 Å². The maximum absolute atomic E-state index is 11.5. The van der Waals surface area contributed by atoms with Crippen LogP contribution in [0, 0.1) is 5.92 Å². The third-order valence-corrected chi connectivity index (χ3v) is 3.34. The maximum Gasteiger partial charge on any atom is 0.323 e. The molecule has 0 aromatic rings. The van der Waals surface area contributed by atoms with Crippen molar-refractivity contribution in [3.8, 4) is 0 Å². The first-order chi connectivity index (χ1) is 8.15. The van der Waals surface area contributed by atoms with Crippen LogP contribution in [0.5, 0.6) is 0 Å². The molecule has 1 N–H and O–H groups in total. The van der Waals surface area contributed by atoms with Gasteiger partial charge in [-0.05, 0) is 51.4 Å². The molecule has 0 aromatic carbocycles. The van der Waals surface area contributed by atoms with Gasteiger partial charge in [-0.15, -0.1) is 0 Å². The normalized spacial score (nSPS) is 18.6. The first kappa shape index (κ1) is 14.5. The van der Waals surface area contributed by atoms with Crippen molar-refractivity contribution < 1.29 is 9.53 Å². The number of nitrogens with one attached hydrogen (secondary N) is 1. The number of carbonyl (C=O) groups excluding carboxylic acids is 1. The van der Waals surface area contributed by atoms with Crippen LogP contribution in [0.25, 0.3) is 0 Å². The first-order valence-corrected chi connectivity index (χ1v) is 6.68. The van der Waals surface area contributed by atoms with E-state index < -0.39 is 0 Å². The van der Waals surface area contributed by atoms with Crippen LogP contribution in [0.4, 0.5) is 0 Å². The predicted octanol–water partition coefficient (Wildman–Crippen LogP) is 1.26. The Morgan fingerprint density at radius 2 is 2.00 bits per heavy atom. The average Bonchev–Trinajstić information content (AvgIpc) is 2.80. The van der Waals surface area contributed by atoms with E-state index in [9.17, 15) is 4.79 Å². The number of hydrogen-bond acceptors (Lipinski definition) is 4. The van der Waals surface area contributed by atoms with Crippen molar-refractivity contribution in [3.05, 3.63) is 0 Å². The molecule has 17 heavy (non-hydrogen) atoms. The Morgan fingerprint density at radius 1 is 1.35 bits per heavy atom. The molecule has 0 radical (unpaired) electrons. The van der Waals surface area contributed by atoms with E-state index in [-0.39, 0.29) is 17.9 Å². The molecule has 1 heterocycles. The number of ether oxygens (including phenoxy) is 1. The minimum Gasteiger partial charge on any atom is -0.468 e. The Hall–Kier alpha value is -0.610. The highest BCUT2D eigenvalue weighted by Crippen LogP contribution is 2.07. The SMILES string of the molecule is COC(=O)C(NCCCN1CCCC1)C(C)C. The lowest BCUT2D eigenvalue weighted by Gasteiger charge is -2.21. The van der Waals surface area contributed by atoms with E-state index in [1.165, 1.54) is 33.0 Å². The smallest absolute Gasteiger partial charge is 0.323 e. The van der Waals surface area contributed by atoms with Crippen molar-refractivity contribution in [2.45, 2.75) is 39.2 Å². The third kappa shape index (κ3) is 5.04. The molecular weight excluding hydrogens is 216 g/mol. The summed E-state index contributed by atoms with van der Waals surface area (Å²) in [6, 6.07) is -0.168. The molecule has 0 saturated carbocycles. The van der Waals surface area contributed by atoms with Gasteiger partial charge >= 0.3 is 5.97 Å². The highest BCUT2D eigenvalue weighted by molar-refractivity contribution is 5.75. The lowest BCUT2D eigenvalue weighted by molar-refractivity contribution is -0.144. The molecule has 4 nitrogen and oxygen atoms in total. The minimum atomic E-state index is -0.168. The Balaban J connectivity index is 2.15. The van der Waals surface area contributed by atoms with Gasteiger partial charge in [-0.1, -0.05) is 13.8 Å². The fraction of sp³-hybridized carbons (Fsp3) is 0.923. The summed E-state index contributed by atoms with van der Waals surface area (Å²) < 4.78 is 4.79. The number of likely N-dealkylation sites (tertiary alicyclic amines) is 1. The molecule has 1 aliphatic heterocycles. The molecule has 0 aromatic heterocycles. The Morgan fingerprint density at radius 3 is 2.53 bits per heavy atom. The van der Waals surface area contributed by atoms with Crippen molar-refractivity contribution in [2.75, 3.05) is 33.3 Å². The van der Waals surface area contributed by atoms with Gasteiger partial charge in [0, 0.05) is 0 Å². The number of esters is 1. The van der Waals surface area contributed by atoms with Crippen LogP contribution in [-0.2, 0) is 9.53 Å². The molecule has 4 heteroatoms. The monoisotopic (exact) mass is 242 g/mol. The molecule has 1 unspecified atom stereocenters. The van der Waals surface area contributed by atoms with Crippen LogP contribution in [0.3, 0.4) is 0 Å². The molecule has 0 bridgehead atoms. The van der Waals surface area contributed by atoms with Gasteiger partial charge in [-0.25, -0.2) is 0 Å². The number of nitrogens with zero attached hydrogens (tertiary/aromatic N) is 1. The molecule has 1 rings (SSSR count). The van der Waals surface area contributed by atoms with Gasteiger partial charge in [0.25, 0.3) is 0 Å². The highest BCUT2D eigenvalue weighted by Gasteiger charge is 2.21. The fourth-order valence-electron chi connectivity index (χ4n) is 2.28. The number of rotatable bonds is 7. The lowest BCUT2D eigenvalue weighted by atomic mass is 10.0. The third-order valence-electron chi connectivity index (χ3n) is 3.34. The summed E-state index contributed by atoms with van der Waals surface area (Å²) in [6.45, 7) is 8.58. The first-order valence-electron chi connectivity index (χ1n) is 6.68. The summed E-state index contributed by atoms with van der Waals surface area (Å²) >= 11 is 0. The quantitative estimate of drug-likeness (QED) is 0.539. The van der Waals surface area contributed by atoms with Gasteiger partial charge in [0.05, 0.1) is 7.11 Å². The minimum absolute atomic E-state index is 0.152. The summed E-state index contributed by atoms with van der Waals surface area (Å²) in [6.07, 6.45) is 3.77. The zero-order valence-electron chi connectivity index (χ0n) is 11.4. The van der Waals surface area contributed by atoms with Crippen molar-refractivity contribution in [3.63, 3.8) is 0 Å². The molecule has 1 atom stereocenters. The van der Waals surface area contributed by atoms with E-state index in [0.29, 0.717) is 0 Å². The second kappa shape index (κ2) is 7.67. The van der Waals surface area contributed by atoms with E-state index in [0.717, 1.165) is 19.5 Å². The Bertz CT molecular complexity index is 225. The zero-order chi connectivity index (χ0) is 12.7. The average molecular weight is 242 g/mol. The molecular formula is C13H26N2O2. The highest BCUT2D eigenvalue weighted by atomic mass is 16.5. The van der Waals surface area contributed by atoms with Gasteiger partial charge in [-0.3, -0.25) is 4.79 Å². The van der Waals surface area contributed by atoms with Crippen LogP contribution in [-0.4, -0.2) is 50.2 Å². The predicted molar refractivity (Wildman–Crippen MR) is 68.9 cm³/mol. The largest absolute Gasteiger partial charge is 0.468 e. The van der Waals surface area contributed by atoms with Crippen LogP contribution in [0.1, 0.15) is 33.1 Å². The molecule has 0 aliphatic carbocycles. The van der Waals surface area contributed by atoms with Crippen molar-refractivity contribution >= 4 is 5.97 Å². The molecule has 1 saturated heterocycles. The van der Waals surface area contributed by atoms with Crippen LogP contribution >= 0.6 is 0 Å². The van der Waals surface area contributed by atoms with Crippen LogP contribution < -0.4 is 5.32 Å². The zero-order valence-corrected chi connectivity index (χ0v) is 11.4. The number of carbonyl (C=O) groups is 1. The van der Waals surface area contributed by atoms with E-state index in [2.05, 4.69) is 10.2 Å². The summed E-state index contributed by atoms with van der Waals surface area (Å²) in [7, 11) is 1.45. The molecule has 100 valence electrons. The Kier molecular flexibility index (Phi) is 6.52. The summed E-state index contributed by atoms with van der Waals surface area (Å²) in [4.78, 5) is 14.0. The number of hydrogen-bond donors (Lipinski definition) is 1.